The molecule has 1 N–H and O–H groups in total. The smallest absolute Gasteiger partial charge is 0.266 e. The number of benzene rings is 3. The molecule has 0 aliphatic carbocycles. The molecule has 206 valence electrons. The van der Waals surface area contributed by atoms with Crippen molar-refractivity contribution in [1.82, 2.24) is 4.90 Å². The van der Waals surface area contributed by atoms with Crippen molar-refractivity contribution in [2.75, 3.05) is 25.3 Å². The number of anilines is 1. The molecule has 0 spiro atoms. The summed E-state index contributed by atoms with van der Waals surface area (Å²) in [4.78, 5) is 27.7. The first-order chi connectivity index (χ1) is 19.3. The predicted octanol–water partition coefficient (Wildman–Crippen LogP) is 5.85. The molecule has 0 bridgehead atoms. The average Bonchev–Trinajstić information content (AvgIpc) is 3.50. The van der Waals surface area contributed by atoms with Gasteiger partial charge in [-0.2, -0.15) is 0 Å². The minimum atomic E-state index is -0.277. The van der Waals surface area contributed by atoms with Gasteiger partial charge in [-0.15, -0.1) is 0 Å². The van der Waals surface area contributed by atoms with Crippen molar-refractivity contribution in [3.05, 3.63) is 81.8 Å². The lowest BCUT2D eigenvalue weighted by molar-refractivity contribution is -0.122. The fraction of sp³-hybridized carbons (Fsp3) is 0.233. The number of rotatable bonds is 9. The zero-order valence-electron chi connectivity index (χ0n) is 22.3. The third-order valence-corrected chi connectivity index (χ3v) is 7.74. The summed E-state index contributed by atoms with van der Waals surface area (Å²) in [6, 6.07) is 16.6. The van der Waals surface area contributed by atoms with E-state index in [0.29, 0.717) is 51.1 Å². The molecule has 10 heteroatoms. The number of nitrogens with one attached hydrogen (secondary N) is 1. The van der Waals surface area contributed by atoms with Gasteiger partial charge in [-0.25, -0.2) is 0 Å². The minimum absolute atomic E-state index is 0.172. The van der Waals surface area contributed by atoms with Crippen molar-refractivity contribution in [2.45, 2.75) is 27.3 Å². The second-order valence-electron chi connectivity index (χ2n) is 9.23. The quantitative estimate of drug-likeness (QED) is 0.251. The van der Waals surface area contributed by atoms with E-state index in [-0.39, 0.29) is 25.2 Å². The maximum Gasteiger partial charge on any atom is 0.266 e. The Labute approximate surface area is 242 Å². The van der Waals surface area contributed by atoms with E-state index in [1.54, 1.807) is 23.1 Å². The summed E-state index contributed by atoms with van der Waals surface area (Å²) >= 11 is 6.75. The van der Waals surface area contributed by atoms with E-state index >= 15 is 0 Å². The van der Waals surface area contributed by atoms with Gasteiger partial charge in [-0.05, 0) is 85.5 Å². The third-order valence-electron chi connectivity index (χ3n) is 6.37. The number of thioether (sulfide) groups is 1. The van der Waals surface area contributed by atoms with Gasteiger partial charge in [-0.3, -0.25) is 14.5 Å². The summed E-state index contributed by atoms with van der Waals surface area (Å²) in [5.41, 5.74) is 4.61. The predicted molar refractivity (Wildman–Crippen MR) is 159 cm³/mol. The monoisotopic (exact) mass is 576 g/mol. The van der Waals surface area contributed by atoms with E-state index in [9.17, 15) is 9.59 Å². The van der Waals surface area contributed by atoms with Gasteiger partial charge in [0.25, 0.3) is 11.8 Å². The molecule has 40 heavy (non-hydrogen) atoms. The van der Waals surface area contributed by atoms with Crippen molar-refractivity contribution < 1.29 is 28.5 Å². The first-order valence-corrected chi connectivity index (χ1v) is 13.9. The maximum atomic E-state index is 13.2. The van der Waals surface area contributed by atoms with Crippen molar-refractivity contribution in [3.8, 4) is 23.0 Å². The van der Waals surface area contributed by atoms with E-state index in [1.165, 1.54) is 11.8 Å². The number of fused-ring (bicyclic) bond motifs is 1. The Morgan fingerprint density at radius 3 is 2.65 bits per heavy atom. The molecular weight excluding hydrogens is 548 g/mol. The van der Waals surface area contributed by atoms with Gasteiger partial charge < -0.3 is 24.3 Å². The van der Waals surface area contributed by atoms with Crippen LogP contribution in [0.25, 0.3) is 6.08 Å². The van der Waals surface area contributed by atoms with Crippen LogP contribution in [-0.4, -0.2) is 41.0 Å². The molecule has 0 radical (unpaired) electrons. The fourth-order valence-corrected chi connectivity index (χ4v) is 5.43. The molecule has 0 saturated carbocycles. The molecule has 1 fully saturated rings. The summed E-state index contributed by atoms with van der Waals surface area (Å²) in [5.74, 6) is 1.81. The van der Waals surface area contributed by atoms with Gasteiger partial charge in [0.2, 0.25) is 6.79 Å². The average molecular weight is 577 g/mol. The summed E-state index contributed by atoms with van der Waals surface area (Å²) in [5, 5.41) is 2.85. The zero-order chi connectivity index (χ0) is 28.2. The van der Waals surface area contributed by atoms with Crippen LogP contribution in [0.4, 0.5) is 5.69 Å². The number of carbonyl (C=O) groups excluding carboxylic acids is 2. The van der Waals surface area contributed by atoms with Crippen LogP contribution in [0.1, 0.15) is 29.2 Å². The molecule has 2 aliphatic rings. The highest BCUT2D eigenvalue weighted by molar-refractivity contribution is 8.26. The molecule has 2 aliphatic heterocycles. The van der Waals surface area contributed by atoms with Crippen LogP contribution >= 0.6 is 24.0 Å². The Balaban J connectivity index is 1.25. The number of aryl methyl sites for hydroxylation is 2. The van der Waals surface area contributed by atoms with Gasteiger partial charge in [0.1, 0.15) is 4.32 Å². The summed E-state index contributed by atoms with van der Waals surface area (Å²) < 4.78 is 22.8. The molecule has 0 unspecified atom stereocenters. The Kier molecular flexibility index (Phi) is 8.27. The lowest BCUT2D eigenvalue weighted by Gasteiger charge is -2.15. The lowest BCUT2D eigenvalue weighted by Crippen LogP contribution is -2.27. The zero-order valence-corrected chi connectivity index (χ0v) is 23.9. The number of hydrogen-bond donors (Lipinski definition) is 1. The summed E-state index contributed by atoms with van der Waals surface area (Å²) in [6.07, 6.45) is 1.78. The van der Waals surface area contributed by atoms with E-state index in [0.717, 1.165) is 22.3 Å². The Bertz CT molecular complexity index is 1520. The molecule has 5 rings (SSSR count). The fourth-order valence-electron chi connectivity index (χ4n) is 4.17. The molecule has 0 aromatic heterocycles. The normalized spacial score (nSPS) is 15.1. The highest BCUT2D eigenvalue weighted by Gasteiger charge is 2.32. The topological polar surface area (TPSA) is 86.3 Å². The van der Waals surface area contributed by atoms with Crippen molar-refractivity contribution in [1.29, 1.82) is 0 Å². The molecule has 2 amide bonds. The largest absolute Gasteiger partial charge is 0.490 e. The Morgan fingerprint density at radius 1 is 1.02 bits per heavy atom. The molecule has 8 nitrogen and oxygen atoms in total. The SMILES string of the molecule is CCOc1cc(/C=C2\SC(=S)N(Cc3ccc4c(c3)OCO4)C2=O)ccc1OCC(=O)Nc1ccc(C)c(C)c1. The lowest BCUT2D eigenvalue weighted by atomic mass is 10.1. The van der Waals surface area contributed by atoms with Crippen LogP contribution in [0.15, 0.2) is 59.5 Å². The van der Waals surface area contributed by atoms with Crippen LogP contribution in [0.3, 0.4) is 0 Å². The second-order valence-corrected chi connectivity index (χ2v) is 10.9. The van der Waals surface area contributed by atoms with Crippen LogP contribution in [0.5, 0.6) is 23.0 Å². The minimum Gasteiger partial charge on any atom is -0.490 e. The summed E-state index contributed by atoms with van der Waals surface area (Å²) in [6.45, 7) is 6.64. The molecule has 0 atom stereocenters. The second kappa shape index (κ2) is 12.0. The van der Waals surface area contributed by atoms with Gasteiger partial charge in [0.05, 0.1) is 18.1 Å². The van der Waals surface area contributed by atoms with Crippen LogP contribution in [0.2, 0.25) is 0 Å². The van der Waals surface area contributed by atoms with E-state index < -0.39 is 0 Å². The number of nitrogens with zero attached hydrogens (tertiary/aromatic N) is 1. The van der Waals surface area contributed by atoms with E-state index in [1.807, 2.05) is 63.2 Å². The molecule has 1 saturated heterocycles. The van der Waals surface area contributed by atoms with Gasteiger partial charge in [-0.1, -0.05) is 42.2 Å². The highest BCUT2D eigenvalue weighted by atomic mass is 32.2. The van der Waals surface area contributed by atoms with Crippen molar-refractivity contribution >= 4 is 51.9 Å². The van der Waals surface area contributed by atoms with E-state index in [2.05, 4.69) is 5.32 Å². The Morgan fingerprint density at radius 2 is 1.85 bits per heavy atom. The number of ether oxygens (including phenoxy) is 4. The van der Waals surface area contributed by atoms with Crippen molar-refractivity contribution in [3.63, 3.8) is 0 Å². The molecular formula is C30H28N2O6S2. The number of thiocarbonyl (C=S) groups is 1. The summed E-state index contributed by atoms with van der Waals surface area (Å²) in [7, 11) is 0. The standard InChI is InChI=1S/C30H28N2O6S2/c1-4-35-25-12-20(6-9-23(25)36-16-28(33)31-22-8-5-18(2)19(3)11-22)14-27-29(34)32(30(39)40-27)15-21-7-10-24-26(13-21)38-17-37-24/h5-14H,4,15-17H2,1-3H3,(H,31,33)/b27-14-. The van der Waals surface area contributed by atoms with E-state index in [4.69, 9.17) is 31.2 Å². The van der Waals surface area contributed by atoms with Crippen LogP contribution < -0.4 is 24.3 Å². The molecule has 2 heterocycles. The Hall–Kier alpha value is -4.02. The molecule has 3 aromatic carbocycles. The van der Waals surface area contributed by atoms with Gasteiger partial charge in [0.15, 0.2) is 29.6 Å². The van der Waals surface area contributed by atoms with Crippen LogP contribution in [0, 0.1) is 13.8 Å². The number of hydrogen-bond acceptors (Lipinski definition) is 8. The highest BCUT2D eigenvalue weighted by Crippen LogP contribution is 2.37. The first kappa shape index (κ1) is 27.5. The first-order valence-electron chi connectivity index (χ1n) is 12.7. The van der Waals surface area contributed by atoms with Crippen LogP contribution in [-0.2, 0) is 16.1 Å². The molecule has 3 aromatic rings. The van der Waals surface area contributed by atoms with Gasteiger partial charge in [0, 0.05) is 5.69 Å². The van der Waals surface area contributed by atoms with Crippen molar-refractivity contribution in [2.24, 2.45) is 0 Å². The maximum absolute atomic E-state index is 13.2. The number of carbonyl (C=O) groups is 2. The third kappa shape index (κ3) is 6.24. The van der Waals surface area contributed by atoms with Gasteiger partial charge >= 0.3 is 0 Å². The number of amides is 2.